The number of carbonyl (C=O) groups is 1. The van der Waals surface area contributed by atoms with E-state index in [0.29, 0.717) is 16.8 Å². The number of aromatic nitrogens is 1. The Morgan fingerprint density at radius 1 is 1.23 bits per heavy atom. The molecule has 0 saturated heterocycles. The highest BCUT2D eigenvalue weighted by atomic mass is 32.2. The molecule has 1 aromatic heterocycles. The fourth-order valence-electron chi connectivity index (χ4n) is 3.24. The summed E-state index contributed by atoms with van der Waals surface area (Å²) >= 11 is 0. The first-order chi connectivity index (χ1) is 14.0. The first-order valence-electron chi connectivity index (χ1n) is 8.44. The molecule has 1 aromatic carbocycles. The number of allylic oxidation sites excluding steroid dienone is 2. The number of anilines is 1. The molecule has 0 aliphatic carbocycles. The normalized spacial score (nSPS) is 16.3. The van der Waals surface area contributed by atoms with Crippen LogP contribution >= 0.6 is 0 Å². The molecule has 0 fully saturated rings. The van der Waals surface area contributed by atoms with E-state index in [9.17, 15) is 26.4 Å². The van der Waals surface area contributed by atoms with Gasteiger partial charge in [-0.15, -0.1) is 0 Å². The van der Waals surface area contributed by atoms with Gasteiger partial charge < -0.3 is 9.50 Å². The average Bonchev–Trinajstić information content (AvgIpc) is 2.65. The van der Waals surface area contributed by atoms with Crippen molar-refractivity contribution >= 4 is 21.6 Å². The van der Waals surface area contributed by atoms with Crippen LogP contribution in [0.15, 0.2) is 47.8 Å². The van der Waals surface area contributed by atoms with Crippen LogP contribution in [0.2, 0.25) is 0 Å². The maximum absolute atomic E-state index is 12.9. The number of hydrogen-bond donors (Lipinski definition) is 1. The van der Waals surface area contributed by atoms with Gasteiger partial charge in [0.25, 0.3) is 0 Å². The highest BCUT2D eigenvalue weighted by Crippen LogP contribution is 2.46. The number of fused-ring (bicyclic) bond motifs is 1. The topological polar surface area (TPSA) is 109 Å². The van der Waals surface area contributed by atoms with Gasteiger partial charge in [-0.25, -0.2) is 4.98 Å². The predicted octanol–water partition coefficient (Wildman–Crippen LogP) is 3.60. The van der Waals surface area contributed by atoms with Crippen LogP contribution in [0.25, 0.3) is 0 Å². The number of hydrogen-bond acceptors (Lipinski definition) is 7. The number of nitrogens with one attached hydrogen (secondary N) is 1. The molecule has 1 unspecified atom stereocenters. The zero-order chi connectivity index (χ0) is 22.3. The van der Waals surface area contributed by atoms with Crippen molar-refractivity contribution in [2.24, 2.45) is 0 Å². The molecular formula is C19H14F3N3O4S. The van der Waals surface area contributed by atoms with Crippen LogP contribution in [0.4, 0.5) is 18.9 Å². The molecule has 1 aliphatic rings. The SMILES string of the molecule is CC(=O)C1=C(C)Nc2ccnc(OS(=O)(=O)C(F)(F)F)c2C1c1ccc(C#N)cc1. The van der Waals surface area contributed by atoms with Gasteiger partial charge in [-0.3, -0.25) is 4.79 Å². The first kappa shape index (κ1) is 21.3. The summed E-state index contributed by atoms with van der Waals surface area (Å²) in [5.74, 6) is -2.13. The van der Waals surface area contributed by atoms with Crippen molar-refractivity contribution in [1.29, 1.82) is 5.26 Å². The lowest BCUT2D eigenvalue weighted by molar-refractivity contribution is -0.113. The smallest absolute Gasteiger partial charge is 0.358 e. The third kappa shape index (κ3) is 3.73. The summed E-state index contributed by atoms with van der Waals surface area (Å²) < 4.78 is 66.1. The van der Waals surface area contributed by atoms with Gasteiger partial charge in [0.1, 0.15) is 0 Å². The minimum atomic E-state index is -5.99. The van der Waals surface area contributed by atoms with E-state index < -0.39 is 27.4 Å². The summed E-state index contributed by atoms with van der Waals surface area (Å²) in [4.78, 5) is 16.1. The molecule has 30 heavy (non-hydrogen) atoms. The molecule has 2 aromatic rings. The number of halogens is 3. The van der Waals surface area contributed by atoms with Crippen molar-refractivity contribution < 1.29 is 30.6 Å². The second-order valence-corrected chi connectivity index (χ2v) is 7.99. The monoisotopic (exact) mass is 437 g/mol. The van der Waals surface area contributed by atoms with E-state index in [-0.39, 0.29) is 22.6 Å². The zero-order valence-corrected chi connectivity index (χ0v) is 16.4. The fraction of sp³-hybridized carbons (Fsp3) is 0.211. The van der Waals surface area contributed by atoms with Gasteiger partial charge in [0.15, 0.2) is 5.78 Å². The Bertz CT molecular complexity index is 1200. The van der Waals surface area contributed by atoms with E-state index in [1.807, 2.05) is 6.07 Å². The number of rotatable bonds is 4. The molecule has 2 heterocycles. The number of nitrogens with zero attached hydrogens (tertiary/aromatic N) is 2. The number of pyridine rings is 1. The summed E-state index contributed by atoms with van der Waals surface area (Å²) in [5.41, 5.74) is -4.02. The summed E-state index contributed by atoms with van der Waals surface area (Å²) in [6.07, 6.45) is 1.09. The van der Waals surface area contributed by atoms with E-state index in [1.165, 1.54) is 37.3 Å². The Morgan fingerprint density at radius 3 is 2.40 bits per heavy atom. The minimum Gasteiger partial charge on any atom is -0.358 e. The lowest BCUT2D eigenvalue weighted by Crippen LogP contribution is -2.30. The lowest BCUT2D eigenvalue weighted by atomic mass is 9.79. The molecule has 156 valence electrons. The van der Waals surface area contributed by atoms with Crippen molar-refractivity contribution in [3.63, 3.8) is 0 Å². The highest BCUT2D eigenvalue weighted by molar-refractivity contribution is 7.87. The van der Waals surface area contributed by atoms with Crippen molar-refractivity contribution in [1.82, 2.24) is 4.98 Å². The molecule has 0 radical (unpaired) electrons. The quantitative estimate of drug-likeness (QED) is 0.575. The molecular weight excluding hydrogens is 423 g/mol. The second kappa shape index (κ2) is 7.46. The molecule has 0 bridgehead atoms. The van der Waals surface area contributed by atoms with Crippen LogP contribution in [0.3, 0.4) is 0 Å². The van der Waals surface area contributed by atoms with Gasteiger partial charge in [0.2, 0.25) is 5.88 Å². The van der Waals surface area contributed by atoms with E-state index in [2.05, 4.69) is 14.5 Å². The Balaban J connectivity index is 2.26. The van der Waals surface area contributed by atoms with Crippen LogP contribution < -0.4 is 9.50 Å². The van der Waals surface area contributed by atoms with Gasteiger partial charge >= 0.3 is 15.6 Å². The van der Waals surface area contributed by atoms with Crippen molar-refractivity contribution in [3.8, 4) is 11.9 Å². The number of carbonyl (C=O) groups excluding carboxylic acids is 1. The van der Waals surface area contributed by atoms with Gasteiger partial charge in [-0.1, -0.05) is 12.1 Å². The highest BCUT2D eigenvalue weighted by Gasteiger charge is 2.49. The largest absolute Gasteiger partial charge is 0.534 e. The van der Waals surface area contributed by atoms with Crippen LogP contribution in [0.5, 0.6) is 5.88 Å². The van der Waals surface area contributed by atoms with E-state index >= 15 is 0 Å². The Kier molecular flexibility index (Phi) is 5.30. The Hall–Kier alpha value is -3.39. The summed E-state index contributed by atoms with van der Waals surface area (Å²) in [6, 6.07) is 9.40. The van der Waals surface area contributed by atoms with E-state index in [4.69, 9.17) is 5.26 Å². The Labute approximate surface area is 169 Å². The van der Waals surface area contributed by atoms with Gasteiger partial charge in [-0.05, 0) is 37.6 Å². The molecule has 11 heteroatoms. The maximum atomic E-state index is 12.9. The number of benzene rings is 1. The number of Topliss-reactive ketones (excluding diaryl/α,β-unsaturated/α-hetero) is 1. The summed E-state index contributed by atoms with van der Waals surface area (Å²) in [5, 5.41) is 11.9. The van der Waals surface area contributed by atoms with Gasteiger partial charge in [-0.2, -0.15) is 26.9 Å². The molecule has 0 saturated carbocycles. The zero-order valence-electron chi connectivity index (χ0n) is 15.6. The minimum absolute atomic E-state index is 0.0363. The molecule has 1 aliphatic heterocycles. The van der Waals surface area contributed by atoms with Crippen LogP contribution in [0.1, 0.15) is 36.5 Å². The lowest BCUT2D eigenvalue weighted by Gasteiger charge is -2.31. The molecule has 0 spiro atoms. The molecule has 3 rings (SSSR count). The van der Waals surface area contributed by atoms with Gasteiger partial charge in [0, 0.05) is 29.1 Å². The third-order valence-corrected chi connectivity index (χ3v) is 5.43. The van der Waals surface area contributed by atoms with Gasteiger partial charge in [0.05, 0.1) is 17.2 Å². The number of nitriles is 1. The van der Waals surface area contributed by atoms with Crippen LogP contribution in [-0.2, 0) is 14.9 Å². The van der Waals surface area contributed by atoms with Crippen molar-refractivity contribution in [2.45, 2.75) is 25.3 Å². The van der Waals surface area contributed by atoms with Crippen LogP contribution in [0, 0.1) is 11.3 Å². The molecule has 1 atom stereocenters. The molecule has 1 N–H and O–H groups in total. The number of alkyl halides is 3. The second-order valence-electron chi connectivity index (χ2n) is 6.45. The van der Waals surface area contributed by atoms with Crippen molar-refractivity contribution in [3.05, 3.63) is 64.5 Å². The average molecular weight is 437 g/mol. The van der Waals surface area contributed by atoms with Crippen LogP contribution in [-0.4, -0.2) is 24.7 Å². The van der Waals surface area contributed by atoms with E-state index in [1.54, 1.807) is 6.92 Å². The van der Waals surface area contributed by atoms with E-state index in [0.717, 1.165) is 6.20 Å². The van der Waals surface area contributed by atoms with Crippen molar-refractivity contribution in [2.75, 3.05) is 5.32 Å². The Morgan fingerprint density at radius 2 is 1.87 bits per heavy atom. The molecule has 7 nitrogen and oxygen atoms in total. The third-order valence-electron chi connectivity index (χ3n) is 4.48. The standard InChI is InChI=1S/C19H14F3N3O4S/c1-10-15(11(2)26)16(13-5-3-12(9-23)4-6-13)17-14(25-10)7-8-24-18(17)29-30(27,28)19(20,21)22/h3-8,16,25H,1-2H3. The maximum Gasteiger partial charge on any atom is 0.534 e. The predicted molar refractivity (Wildman–Crippen MR) is 99.8 cm³/mol. The first-order valence-corrected chi connectivity index (χ1v) is 9.85. The molecule has 0 amide bonds. The summed E-state index contributed by atoms with van der Waals surface area (Å²) in [6.45, 7) is 2.90. The number of ketones is 1. The fourth-order valence-corrected chi connectivity index (χ4v) is 3.68. The summed E-state index contributed by atoms with van der Waals surface area (Å²) in [7, 11) is -5.99.